The van der Waals surface area contributed by atoms with Gasteiger partial charge in [0.1, 0.15) is 5.75 Å². The number of unbranched alkanes of at least 4 members (excludes halogenated alkanes) is 1. The lowest BCUT2D eigenvalue weighted by Gasteiger charge is -2.19. The van der Waals surface area contributed by atoms with Crippen molar-refractivity contribution in [2.24, 2.45) is 0 Å². The number of hydrogen-bond donors (Lipinski definition) is 2. The molecule has 1 aliphatic rings. The average Bonchev–Trinajstić information content (AvgIpc) is 3.02. The van der Waals surface area contributed by atoms with E-state index in [1.165, 1.54) is 40.7 Å². The number of aryl methyl sites for hydroxylation is 2. The molecular formula is C26H38O3. The van der Waals surface area contributed by atoms with Gasteiger partial charge in [0.25, 0.3) is 0 Å². The predicted octanol–water partition coefficient (Wildman–Crippen LogP) is 6.30. The van der Waals surface area contributed by atoms with E-state index >= 15 is 0 Å². The molecule has 2 N–H and O–H groups in total. The highest BCUT2D eigenvalue weighted by molar-refractivity contribution is 5.76. The van der Waals surface area contributed by atoms with E-state index in [0.717, 1.165) is 24.2 Å². The standard InChI is InChI=1S/C22H28O3.C4H10/c1-14-12-16(25-11-10-22(3,4)24)13-15(2)21(14)19-7-5-6-18-17(19)8-9-20(18)23;1-3-4-2/h5-7,12-13,20,23-24H,8-11H2,1-4H3;3-4H2,1-2H3. The number of aliphatic hydroxyl groups is 2. The number of ether oxygens (including phenoxy) is 1. The van der Waals surface area contributed by atoms with Crippen LogP contribution in [-0.2, 0) is 6.42 Å². The minimum Gasteiger partial charge on any atom is -0.493 e. The van der Waals surface area contributed by atoms with Gasteiger partial charge >= 0.3 is 0 Å². The Morgan fingerprint density at radius 2 is 1.69 bits per heavy atom. The third-order valence-corrected chi connectivity index (χ3v) is 5.50. The van der Waals surface area contributed by atoms with Crippen LogP contribution in [0.5, 0.6) is 5.75 Å². The van der Waals surface area contributed by atoms with Gasteiger partial charge in [0.05, 0.1) is 18.3 Å². The molecule has 160 valence electrons. The van der Waals surface area contributed by atoms with Crippen molar-refractivity contribution in [3.8, 4) is 16.9 Å². The molecule has 1 aliphatic carbocycles. The summed E-state index contributed by atoms with van der Waals surface area (Å²) in [5, 5.41) is 20.0. The van der Waals surface area contributed by atoms with Gasteiger partial charge in [-0.3, -0.25) is 0 Å². The van der Waals surface area contributed by atoms with Crippen LogP contribution in [0.2, 0.25) is 0 Å². The molecule has 3 rings (SSSR count). The first-order chi connectivity index (χ1) is 13.7. The minimum absolute atomic E-state index is 0.333. The molecule has 0 saturated heterocycles. The number of aliphatic hydroxyl groups excluding tert-OH is 1. The summed E-state index contributed by atoms with van der Waals surface area (Å²) < 4.78 is 5.84. The summed E-state index contributed by atoms with van der Waals surface area (Å²) in [5.41, 5.74) is 6.45. The van der Waals surface area contributed by atoms with Crippen molar-refractivity contribution in [3.05, 3.63) is 52.6 Å². The van der Waals surface area contributed by atoms with E-state index in [0.29, 0.717) is 13.0 Å². The second-order valence-electron chi connectivity index (χ2n) is 8.77. The molecule has 0 radical (unpaired) electrons. The lowest BCUT2D eigenvalue weighted by molar-refractivity contribution is 0.0553. The summed E-state index contributed by atoms with van der Waals surface area (Å²) in [6, 6.07) is 10.4. The van der Waals surface area contributed by atoms with Crippen molar-refractivity contribution in [2.45, 2.75) is 85.4 Å². The fraction of sp³-hybridized carbons (Fsp3) is 0.538. The lowest BCUT2D eigenvalue weighted by Crippen LogP contribution is -2.21. The van der Waals surface area contributed by atoms with Crippen molar-refractivity contribution in [1.29, 1.82) is 0 Å². The maximum atomic E-state index is 10.2. The van der Waals surface area contributed by atoms with E-state index in [1.54, 1.807) is 13.8 Å². The largest absolute Gasteiger partial charge is 0.493 e. The van der Waals surface area contributed by atoms with Gasteiger partial charge in [-0.1, -0.05) is 44.9 Å². The van der Waals surface area contributed by atoms with Crippen LogP contribution in [0.25, 0.3) is 11.1 Å². The van der Waals surface area contributed by atoms with Crippen LogP contribution in [0.3, 0.4) is 0 Å². The number of fused-ring (bicyclic) bond motifs is 1. The van der Waals surface area contributed by atoms with Crippen molar-refractivity contribution < 1.29 is 14.9 Å². The van der Waals surface area contributed by atoms with E-state index < -0.39 is 5.60 Å². The molecular weight excluding hydrogens is 360 g/mol. The van der Waals surface area contributed by atoms with Crippen LogP contribution < -0.4 is 4.74 Å². The summed E-state index contributed by atoms with van der Waals surface area (Å²) in [4.78, 5) is 0. The first kappa shape index (κ1) is 23.4. The van der Waals surface area contributed by atoms with E-state index in [1.807, 2.05) is 12.1 Å². The van der Waals surface area contributed by atoms with Crippen LogP contribution >= 0.6 is 0 Å². The van der Waals surface area contributed by atoms with Gasteiger partial charge in [-0.15, -0.1) is 0 Å². The molecule has 0 fully saturated rings. The normalized spacial score (nSPS) is 15.5. The van der Waals surface area contributed by atoms with Gasteiger partial charge in [0.2, 0.25) is 0 Å². The highest BCUT2D eigenvalue weighted by atomic mass is 16.5. The van der Waals surface area contributed by atoms with Gasteiger partial charge in [0, 0.05) is 6.42 Å². The molecule has 3 heteroatoms. The Labute approximate surface area is 176 Å². The van der Waals surface area contributed by atoms with Crippen molar-refractivity contribution in [1.82, 2.24) is 0 Å². The number of hydrogen-bond acceptors (Lipinski definition) is 3. The van der Waals surface area contributed by atoms with E-state index in [9.17, 15) is 10.2 Å². The Kier molecular flexibility index (Phi) is 8.30. The summed E-state index contributed by atoms with van der Waals surface area (Å²) in [6.07, 6.45) is 4.63. The molecule has 1 unspecified atom stereocenters. The summed E-state index contributed by atoms with van der Waals surface area (Å²) in [5.74, 6) is 0.843. The topological polar surface area (TPSA) is 49.7 Å². The summed E-state index contributed by atoms with van der Waals surface area (Å²) >= 11 is 0. The van der Waals surface area contributed by atoms with Gasteiger partial charge in [-0.2, -0.15) is 0 Å². The molecule has 1 atom stereocenters. The van der Waals surface area contributed by atoms with Crippen LogP contribution in [-0.4, -0.2) is 22.4 Å². The smallest absolute Gasteiger partial charge is 0.119 e. The summed E-state index contributed by atoms with van der Waals surface area (Å²) in [7, 11) is 0. The summed E-state index contributed by atoms with van der Waals surface area (Å²) in [6.45, 7) is 12.7. The van der Waals surface area contributed by atoms with Crippen molar-refractivity contribution in [3.63, 3.8) is 0 Å². The monoisotopic (exact) mass is 398 g/mol. The van der Waals surface area contributed by atoms with Crippen LogP contribution in [0, 0.1) is 13.8 Å². The second-order valence-corrected chi connectivity index (χ2v) is 8.77. The van der Waals surface area contributed by atoms with Crippen molar-refractivity contribution >= 4 is 0 Å². The van der Waals surface area contributed by atoms with E-state index in [2.05, 4.69) is 45.9 Å². The molecule has 0 aromatic heterocycles. The van der Waals surface area contributed by atoms with Crippen molar-refractivity contribution in [2.75, 3.05) is 6.61 Å². The Morgan fingerprint density at radius 3 is 2.24 bits per heavy atom. The van der Waals surface area contributed by atoms with E-state index in [-0.39, 0.29) is 6.10 Å². The van der Waals surface area contributed by atoms with Gasteiger partial charge in [-0.25, -0.2) is 0 Å². The molecule has 29 heavy (non-hydrogen) atoms. The second kappa shape index (κ2) is 10.3. The van der Waals surface area contributed by atoms with Gasteiger partial charge in [0.15, 0.2) is 0 Å². The number of benzene rings is 2. The maximum Gasteiger partial charge on any atom is 0.119 e. The zero-order valence-corrected chi connectivity index (χ0v) is 19.0. The molecule has 2 aromatic carbocycles. The Bertz CT molecular complexity index is 777. The number of rotatable bonds is 6. The quantitative estimate of drug-likeness (QED) is 0.600. The molecule has 0 spiro atoms. The third kappa shape index (κ3) is 6.32. The Morgan fingerprint density at radius 1 is 1.07 bits per heavy atom. The highest BCUT2D eigenvalue weighted by Crippen LogP contribution is 2.40. The predicted molar refractivity (Wildman–Crippen MR) is 122 cm³/mol. The van der Waals surface area contributed by atoms with Crippen LogP contribution in [0.15, 0.2) is 30.3 Å². The fourth-order valence-electron chi connectivity index (χ4n) is 3.72. The molecule has 0 aliphatic heterocycles. The molecule has 0 saturated carbocycles. The Balaban J connectivity index is 0.000000687. The SMILES string of the molecule is CCCC.Cc1cc(OCCC(C)(C)O)cc(C)c1-c1cccc2c1CCC2O. The van der Waals surface area contributed by atoms with Gasteiger partial charge < -0.3 is 14.9 Å². The first-order valence-electron chi connectivity index (χ1n) is 10.9. The molecule has 2 aromatic rings. The minimum atomic E-state index is -0.713. The fourth-order valence-corrected chi connectivity index (χ4v) is 3.72. The Hall–Kier alpha value is -1.84. The zero-order valence-electron chi connectivity index (χ0n) is 19.0. The maximum absolute atomic E-state index is 10.2. The lowest BCUT2D eigenvalue weighted by atomic mass is 9.90. The van der Waals surface area contributed by atoms with Gasteiger partial charge in [-0.05, 0) is 86.1 Å². The van der Waals surface area contributed by atoms with E-state index in [4.69, 9.17) is 4.74 Å². The highest BCUT2D eigenvalue weighted by Gasteiger charge is 2.24. The average molecular weight is 399 g/mol. The van der Waals surface area contributed by atoms with Crippen LogP contribution in [0.1, 0.15) is 81.7 Å². The molecule has 3 nitrogen and oxygen atoms in total. The zero-order chi connectivity index (χ0) is 21.6. The third-order valence-electron chi connectivity index (χ3n) is 5.50. The molecule has 0 heterocycles. The molecule has 0 amide bonds. The molecule has 0 bridgehead atoms. The van der Waals surface area contributed by atoms with Crippen LogP contribution in [0.4, 0.5) is 0 Å². The first-order valence-corrected chi connectivity index (χ1v) is 10.9.